The van der Waals surface area contributed by atoms with Crippen LogP contribution in [0.5, 0.6) is 11.5 Å². The van der Waals surface area contributed by atoms with Gasteiger partial charge in [0.05, 0.1) is 31.9 Å². The summed E-state index contributed by atoms with van der Waals surface area (Å²) in [4.78, 5) is 26.7. The van der Waals surface area contributed by atoms with Crippen molar-refractivity contribution >= 4 is 17.6 Å². The highest BCUT2D eigenvalue weighted by atomic mass is 16.5. The van der Waals surface area contributed by atoms with E-state index in [1.165, 1.54) is 12.8 Å². The van der Waals surface area contributed by atoms with E-state index in [1.807, 2.05) is 24.3 Å². The van der Waals surface area contributed by atoms with Crippen molar-refractivity contribution in [2.75, 3.05) is 18.6 Å². The van der Waals surface area contributed by atoms with Gasteiger partial charge < -0.3 is 19.1 Å². The number of amides is 1. The second-order valence-electron chi connectivity index (χ2n) is 7.34. The zero-order valence-corrected chi connectivity index (χ0v) is 16.8. The van der Waals surface area contributed by atoms with E-state index >= 15 is 0 Å². The van der Waals surface area contributed by atoms with Gasteiger partial charge in [0.1, 0.15) is 0 Å². The molecule has 0 unspecified atom stereocenters. The number of rotatable bonds is 6. The number of carbonyl (C=O) groups excluding carboxylic acids is 2. The van der Waals surface area contributed by atoms with Gasteiger partial charge in [-0.2, -0.15) is 0 Å². The van der Waals surface area contributed by atoms with Gasteiger partial charge in [-0.3, -0.25) is 4.79 Å². The van der Waals surface area contributed by atoms with Gasteiger partial charge in [-0.05, 0) is 62.4 Å². The Morgan fingerprint density at radius 3 is 2.62 bits per heavy atom. The van der Waals surface area contributed by atoms with Crippen molar-refractivity contribution in [2.24, 2.45) is 0 Å². The standard InChI is InChI=1S/C23H25NO5/c1-3-28-23(26)15-8-9-16-14-24(22(25)19(16)12-15)17-10-11-20(27-2)21(13-17)29-18-6-4-5-7-18/h8-13,18H,3-7,14H2,1-2H3. The molecule has 1 aliphatic heterocycles. The number of anilines is 1. The molecule has 2 aromatic rings. The van der Waals surface area contributed by atoms with Crippen LogP contribution in [0.3, 0.4) is 0 Å². The SMILES string of the molecule is CCOC(=O)c1ccc2c(c1)C(=O)N(c1ccc(OC)c(OC3CCCC3)c1)C2. The second kappa shape index (κ2) is 8.15. The molecule has 0 N–H and O–H groups in total. The fourth-order valence-corrected chi connectivity index (χ4v) is 3.96. The van der Waals surface area contributed by atoms with E-state index in [2.05, 4.69) is 0 Å². The molecule has 0 atom stereocenters. The maximum Gasteiger partial charge on any atom is 0.338 e. The van der Waals surface area contributed by atoms with Crippen LogP contribution < -0.4 is 14.4 Å². The number of hydrogen-bond donors (Lipinski definition) is 0. The summed E-state index contributed by atoms with van der Waals surface area (Å²) >= 11 is 0. The Balaban J connectivity index is 1.59. The molecular weight excluding hydrogens is 370 g/mol. The molecule has 152 valence electrons. The Morgan fingerprint density at radius 1 is 1.10 bits per heavy atom. The Morgan fingerprint density at radius 2 is 1.90 bits per heavy atom. The maximum atomic E-state index is 13.0. The number of methoxy groups -OCH3 is 1. The summed E-state index contributed by atoms with van der Waals surface area (Å²) < 4.78 is 16.7. The molecule has 1 fully saturated rings. The van der Waals surface area contributed by atoms with Crippen LogP contribution in [0.1, 0.15) is 58.9 Å². The van der Waals surface area contributed by atoms with Gasteiger partial charge in [-0.1, -0.05) is 6.07 Å². The van der Waals surface area contributed by atoms with Crippen LogP contribution in [0.15, 0.2) is 36.4 Å². The maximum absolute atomic E-state index is 13.0. The minimum atomic E-state index is -0.418. The molecule has 0 saturated heterocycles. The second-order valence-corrected chi connectivity index (χ2v) is 7.34. The molecule has 0 aromatic heterocycles. The third kappa shape index (κ3) is 3.79. The van der Waals surface area contributed by atoms with Gasteiger partial charge in [-0.15, -0.1) is 0 Å². The average Bonchev–Trinajstić information content (AvgIpc) is 3.36. The molecule has 29 heavy (non-hydrogen) atoms. The fourth-order valence-electron chi connectivity index (χ4n) is 3.96. The largest absolute Gasteiger partial charge is 0.493 e. The van der Waals surface area contributed by atoms with Gasteiger partial charge in [0, 0.05) is 17.3 Å². The average molecular weight is 395 g/mol. The molecule has 6 heteroatoms. The smallest absolute Gasteiger partial charge is 0.338 e. The summed E-state index contributed by atoms with van der Waals surface area (Å²) in [5.41, 5.74) is 2.56. The summed E-state index contributed by atoms with van der Waals surface area (Å²) in [5, 5.41) is 0. The minimum Gasteiger partial charge on any atom is -0.493 e. The lowest BCUT2D eigenvalue weighted by Crippen LogP contribution is -2.23. The van der Waals surface area contributed by atoms with Crippen molar-refractivity contribution in [3.05, 3.63) is 53.1 Å². The number of fused-ring (bicyclic) bond motifs is 1. The van der Waals surface area contributed by atoms with Crippen molar-refractivity contribution < 1.29 is 23.8 Å². The molecular formula is C23H25NO5. The first-order valence-electron chi connectivity index (χ1n) is 10.1. The van der Waals surface area contributed by atoms with Crippen LogP contribution in [-0.4, -0.2) is 31.7 Å². The summed E-state index contributed by atoms with van der Waals surface area (Å²) in [6, 6.07) is 10.7. The van der Waals surface area contributed by atoms with E-state index in [1.54, 1.807) is 31.1 Å². The van der Waals surface area contributed by atoms with Crippen molar-refractivity contribution in [1.29, 1.82) is 0 Å². The Hall–Kier alpha value is -3.02. The van der Waals surface area contributed by atoms with E-state index in [-0.39, 0.29) is 12.0 Å². The summed E-state index contributed by atoms with van der Waals surface area (Å²) in [6.45, 7) is 2.51. The summed E-state index contributed by atoms with van der Waals surface area (Å²) in [7, 11) is 1.62. The molecule has 0 radical (unpaired) electrons. The first-order chi connectivity index (χ1) is 14.1. The first kappa shape index (κ1) is 19.3. The van der Waals surface area contributed by atoms with Gasteiger partial charge in [0.2, 0.25) is 0 Å². The summed E-state index contributed by atoms with van der Waals surface area (Å²) in [6.07, 6.45) is 4.62. The number of hydrogen-bond acceptors (Lipinski definition) is 5. The molecule has 1 amide bonds. The fraction of sp³-hybridized carbons (Fsp3) is 0.391. The minimum absolute atomic E-state index is 0.136. The number of ether oxygens (including phenoxy) is 3. The highest BCUT2D eigenvalue weighted by Crippen LogP contribution is 2.37. The lowest BCUT2D eigenvalue weighted by Gasteiger charge is -2.20. The van der Waals surface area contributed by atoms with Gasteiger partial charge in [0.15, 0.2) is 11.5 Å². The third-order valence-electron chi connectivity index (χ3n) is 5.48. The van der Waals surface area contributed by atoms with Gasteiger partial charge >= 0.3 is 5.97 Å². The zero-order chi connectivity index (χ0) is 20.4. The molecule has 0 spiro atoms. The van der Waals surface area contributed by atoms with E-state index < -0.39 is 5.97 Å². The highest BCUT2D eigenvalue weighted by molar-refractivity contribution is 6.11. The molecule has 1 saturated carbocycles. The zero-order valence-electron chi connectivity index (χ0n) is 16.8. The lowest BCUT2D eigenvalue weighted by molar-refractivity contribution is 0.0526. The van der Waals surface area contributed by atoms with Gasteiger partial charge in [0.25, 0.3) is 5.91 Å². The van der Waals surface area contributed by atoms with Crippen LogP contribution in [0.25, 0.3) is 0 Å². The molecule has 2 aliphatic rings. The Labute approximate surface area is 170 Å². The van der Waals surface area contributed by atoms with Crippen LogP contribution in [0.2, 0.25) is 0 Å². The van der Waals surface area contributed by atoms with Crippen molar-refractivity contribution in [3.8, 4) is 11.5 Å². The molecule has 0 bridgehead atoms. The molecule has 4 rings (SSSR count). The van der Waals surface area contributed by atoms with E-state index in [0.717, 1.165) is 24.1 Å². The van der Waals surface area contributed by atoms with Crippen LogP contribution in [-0.2, 0) is 11.3 Å². The normalized spacial score (nSPS) is 16.1. The number of esters is 1. The van der Waals surface area contributed by atoms with Crippen molar-refractivity contribution in [2.45, 2.75) is 45.3 Å². The topological polar surface area (TPSA) is 65.1 Å². The lowest BCUT2D eigenvalue weighted by atomic mass is 10.1. The molecule has 2 aromatic carbocycles. The predicted molar refractivity (Wildman–Crippen MR) is 109 cm³/mol. The Kier molecular flexibility index (Phi) is 5.43. The quantitative estimate of drug-likeness (QED) is 0.680. The van der Waals surface area contributed by atoms with Crippen LogP contribution in [0, 0.1) is 0 Å². The summed E-state index contributed by atoms with van der Waals surface area (Å²) in [5.74, 6) is 0.767. The van der Waals surface area contributed by atoms with Crippen LogP contribution in [0.4, 0.5) is 5.69 Å². The van der Waals surface area contributed by atoms with Crippen LogP contribution >= 0.6 is 0 Å². The predicted octanol–water partition coefficient (Wildman–Crippen LogP) is 4.35. The number of nitrogens with zero attached hydrogens (tertiary/aromatic N) is 1. The van der Waals surface area contributed by atoms with Crippen molar-refractivity contribution in [3.63, 3.8) is 0 Å². The number of benzene rings is 2. The van der Waals surface area contributed by atoms with Crippen molar-refractivity contribution in [1.82, 2.24) is 0 Å². The van der Waals surface area contributed by atoms with Gasteiger partial charge in [-0.25, -0.2) is 4.79 Å². The first-order valence-corrected chi connectivity index (χ1v) is 10.1. The molecule has 1 aliphatic carbocycles. The Bertz CT molecular complexity index is 933. The third-order valence-corrected chi connectivity index (χ3v) is 5.48. The highest BCUT2D eigenvalue weighted by Gasteiger charge is 2.30. The van der Waals surface area contributed by atoms with E-state index in [9.17, 15) is 9.59 Å². The molecule has 6 nitrogen and oxygen atoms in total. The van der Waals surface area contributed by atoms with E-state index in [0.29, 0.717) is 35.8 Å². The van der Waals surface area contributed by atoms with E-state index in [4.69, 9.17) is 14.2 Å². The monoisotopic (exact) mass is 395 g/mol. The number of carbonyl (C=O) groups is 2. The molecule has 1 heterocycles.